The second-order valence-corrected chi connectivity index (χ2v) is 6.55. The van der Waals surface area contributed by atoms with E-state index >= 15 is 0 Å². The molecule has 23 heavy (non-hydrogen) atoms. The van der Waals surface area contributed by atoms with Gasteiger partial charge in [0.1, 0.15) is 0 Å². The van der Waals surface area contributed by atoms with E-state index in [1.54, 1.807) is 0 Å². The van der Waals surface area contributed by atoms with Crippen LogP contribution in [0.1, 0.15) is 41.5 Å². The van der Waals surface area contributed by atoms with Gasteiger partial charge in [0.05, 0.1) is 13.0 Å². The predicted molar refractivity (Wildman–Crippen MR) is 91.9 cm³/mol. The monoisotopic (exact) mass is 304 g/mol. The Morgan fingerprint density at radius 1 is 1.00 bits per heavy atom. The van der Waals surface area contributed by atoms with Crippen molar-refractivity contribution >= 4 is 18.1 Å². The second-order valence-electron chi connectivity index (χ2n) is 6.55. The number of rotatable bonds is 1. The lowest BCUT2D eigenvalue weighted by molar-refractivity contribution is -0.145. The van der Waals surface area contributed by atoms with Gasteiger partial charge in [-0.1, -0.05) is 60.7 Å². The number of carbonyl (C=O) groups is 1. The van der Waals surface area contributed by atoms with Crippen LogP contribution in [0, 0.1) is 5.92 Å². The zero-order chi connectivity index (χ0) is 15.9. The summed E-state index contributed by atoms with van der Waals surface area (Å²) in [5.74, 6) is -0.0896. The van der Waals surface area contributed by atoms with E-state index in [9.17, 15) is 4.79 Å². The summed E-state index contributed by atoms with van der Waals surface area (Å²) >= 11 is 0. The first-order valence-electron chi connectivity index (χ1n) is 8.19. The summed E-state index contributed by atoms with van der Waals surface area (Å²) in [4.78, 5) is 12.1. The Morgan fingerprint density at radius 3 is 2.13 bits per heavy atom. The van der Waals surface area contributed by atoms with Crippen molar-refractivity contribution in [2.75, 3.05) is 7.11 Å². The lowest BCUT2D eigenvalue weighted by atomic mass is 9.70. The molecule has 1 spiro atoms. The Hall–Kier alpha value is -2.35. The molecule has 1 unspecified atom stereocenters. The first-order valence-corrected chi connectivity index (χ1v) is 8.19. The van der Waals surface area contributed by atoms with Gasteiger partial charge in [-0.25, -0.2) is 0 Å². The molecule has 0 radical (unpaired) electrons. The Morgan fingerprint density at radius 2 is 1.57 bits per heavy atom. The van der Waals surface area contributed by atoms with Gasteiger partial charge in [-0.15, -0.1) is 0 Å². The number of benzene rings is 2. The topological polar surface area (TPSA) is 26.3 Å². The molecular weight excluding hydrogens is 284 g/mol. The van der Waals surface area contributed by atoms with E-state index in [2.05, 4.69) is 60.7 Å². The van der Waals surface area contributed by atoms with Crippen molar-refractivity contribution in [2.24, 2.45) is 5.92 Å². The van der Waals surface area contributed by atoms with Crippen LogP contribution in [0.3, 0.4) is 0 Å². The quantitative estimate of drug-likeness (QED) is 0.729. The van der Waals surface area contributed by atoms with Gasteiger partial charge in [0.25, 0.3) is 0 Å². The average molecular weight is 304 g/mol. The Balaban J connectivity index is 1.92. The molecule has 1 saturated carbocycles. The molecule has 0 bridgehead atoms. The number of hydrogen-bond acceptors (Lipinski definition) is 2. The third-order valence-electron chi connectivity index (χ3n) is 5.44. The highest BCUT2D eigenvalue weighted by atomic mass is 16.5. The molecule has 0 heterocycles. The minimum absolute atomic E-state index is 0.0146. The van der Waals surface area contributed by atoms with Crippen molar-refractivity contribution in [3.63, 3.8) is 0 Å². The van der Waals surface area contributed by atoms with Crippen LogP contribution in [0.4, 0.5) is 0 Å². The molecule has 2 heteroatoms. The molecule has 0 aromatic heterocycles. The zero-order valence-electron chi connectivity index (χ0n) is 13.3. The molecule has 116 valence electrons. The van der Waals surface area contributed by atoms with E-state index in [4.69, 9.17) is 4.74 Å². The molecule has 1 atom stereocenters. The van der Waals surface area contributed by atoms with Gasteiger partial charge in [-0.3, -0.25) is 4.79 Å². The van der Waals surface area contributed by atoms with Crippen molar-refractivity contribution in [1.29, 1.82) is 0 Å². The molecule has 2 aromatic rings. The van der Waals surface area contributed by atoms with Crippen molar-refractivity contribution in [1.82, 2.24) is 0 Å². The molecule has 0 N–H and O–H groups in total. The van der Waals surface area contributed by atoms with E-state index in [1.165, 1.54) is 29.4 Å². The molecule has 0 aliphatic heterocycles. The van der Waals surface area contributed by atoms with Gasteiger partial charge in [0.15, 0.2) is 0 Å². The predicted octanol–water partition coefficient (Wildman–Crippen LogP) is 4.43. The molecule has 0 saturated heterocycles. The van der Waals surface area contributed by atoms with E-state index in [0.717, 1.165) is 19.3 Å². The van der Waals surface area contributed by atoms with Crippen molar-refractivity contribution in [3.8, 4) is 0 Å². The van der Waals surface area contributed by atoms with Gasteiger partial charge in [0.2, 0.25) is 0 Å². The minimum atomic E-state index is -0.0878. The van der Waals surface area contributed by atoms with Crippen LogP contribution in [0.5, 0.6) is 0 Å². The maximum atomic E-state index is 12.1. The molecule has 2 aromatic carbocycles. The normalized spacial score (nSPS) is 20.7. The van der Waals surface area contributed by atoms with Gasteiger partial charge >= 0.3 is 5.97 Å². The summed E-state index contributed by atoms with van der Waals surface area (Å²) in [6.45, 7) is 0. The van der Waals surface area contributed by atoms with Gasteiger partial charge in [-0.2, -0.15) is 0 Å². The lowest BCUT2D eigenvalue weighted by Gasteiger charge is -2.32. The molecule has 0 amide bonds. The van der Waals surface area contributed by atoms with Crippen LogP contribution in [0.25, 0.3) is 12.2 Å². The van der Waals surface area contributed by atoms with E-state index in [1.807, 2.05) is 0 Å². The zero-order valence-corrected chi connectivity index (χ0v) is 13.3. The minimum Gasteiger partial charge on any atom is -0.469 e. The lowest BCUT2D eigenvalue weighted by Crippen LogP contribution is -2.27. The Bertz CT molecular complexity index is 738. The summed E-state index contributed by atoms with van der Waals surface area (Å²) in [6.07, 6.45) is 7.11. The summed E-state index contributed by atoms with van der Waals surface area (Å²) in [7, 11) is 1.49. The standard InChI is InChI=1S/C21H20O2/c1-23-20(22)17-12-13-21(14-17)18-8-4-2-6-15(18)10-11-16-7-3-5-9-19(16)21/h2-11,17H,12-14H2,1H3. The second kappa shape index (κ2) is 5.38. The Kier molecular flexibility index (Phi) is 3.33. The number of esters is 1. The van der Waals surface area contributed by atoms with E-state index in [0.29, 0.717) is 0 Å². The smallest absolute Gasteiger partial charge is 0.308 e. The Labute approximate surface area is 136 Å². The largest absolute Gasteiger partial charge is 0.469 e. The maximum Gasteiger partial charge on any atom is 0.308 e. The third-order valence-corrected chi connectivity index (χ3v) is 5.44. The van der Waals surface area contributed by atoms with Crippen molar-refractivity contribution in [2.45, 2.75) is 24.7 Å². The van der Waals surface area contributed by atoms with E-state index in [-0.39, 0.29) is 17.3 Å². The number of ether oxygens (including phenoxy) is 1. The van der Waals surface area contributed by atoms with Crippen LogP contribution >= 0.6 is 0 Å². The fourth-order valence-electron chi connectivity index (χ4n) is 4.38. The van der Waals surface area contributed by atoms with Crippen LogP contribution in [-0.4, -0.2) is 13.1 Å². The number of carbonyl (C=O) groups excluding carboxylic acids is 1. The number of methoxy groups -OCH3 is 1. The number of fused-ring (bicyclic) bond motifs is 4. The van der Waals surface area contributed by atoms with Gasteiger partial charge in [-0.05, 0) is 41.5 Å². The fraction of sp³-hybridized carbons (Fsp3) is 0.286. The van der Waals surface area contributed by atoms with Crippen LogP contribution in [0.15, 0.2) is 48.5 Å². The summed E-state index contributed by atoms with van der Waals surface area (Å²) in [6, 6.07) is 17.2. The van der Waals surface area contributed by atoms with Crippen LogP contribution < -0.4 is 0 Å². The van der Waals surface area contributed by atoms with E-state index < -0.39 is 0 Å². The van der Waals surface area contributed by atoms with Crippen molar-refractivity contribution in [3.05, 3.63) is 70.8 Å². The molecule has 4 rings (SSSR count). The third kappa shape index (κ3) is 2.13. The molecule has 1 fully saturated rings. The maximum absolute atomic E-state index is 12.1. The van der Waals surface area contributed by atoms with Crippen LogP contribution in [0.2, 0.25) is 0 Å². The molecular formula is C21H20O2. The van der Waals surface area contributed by atoms with Gasteiger partial charge in [0, 0.05) is 5.41 Å². The van der Waals surface area contributed by atoms with Crippen molar-refractivity contribution < 1.29 is 9.53 Å². The highest BCUT2D eigenvalue weighted by molar-refractivity contribution is 5.79. The highest BCUT2D eigenvalue weighted by Gasteiger charge is 2.46. The SMILES string of the molecule is COC(=O)C1CCC2(C1)c1ccccc1C=Cc1ccccc12. The van der Waals surface area contributed by atoms with Gasteiger partial charge < -0.3 is 4.74 Å². The molecule has 2 aliphatic carbocycles. The highest BCUT2D eigenvalue weighted by Crippen LogP contribution is 2.52. The molecule has 2 nitrogen and oxygen atoms in total. The average Bonchev–Trinajstić information content (AvgIpc) is 3.00. The fourth-order valence-corrected chi connectivity index (χ4v) is 4.38. The first-order chi connectivity index (χ1) is 11.2. The summed E-state index contributed by atoms with van der Waals surface area (Å²) in [5, 5.41) is 0. The van der Waals surface area contributed by atoms with Crippen LogP contribution in [-0.2, 0) is 14.9 Å². The summed E-state index contributed by atoms with van der Waals surface area (Å²) in [5.41, 5.74) is 5.11. The first kappa shape index (κ1) is 14.3. The summed E-state index contributed by atoms with van der Waals surface area (Å²) < 4.78 is 5.02. The number of hydrogen-bond donors (Lipinski definition) is 0. The molecule has 2 aliphatic rings.